The molecule has 29 heavy (non-hydrogen) atoms. The molecule has 5 heteroatoms. The second-order valence-corrected chi connectivity index (χ2v) is 8.01. The highest BCUT2D eigenvalue weighted by atomic mass is 16.5. The van der Waals surface area contributed by atoms with E-state index in [-0.39, 0.29) is 5.91 Å². The Bertz CT molecular complexity index is 972. The van der Waals surface area contributed by atoms with Gasteiger partial charge in [-0.15, -0.1) is 0 Å². The number of hydrogen-bond acceptors (Lipinski definition) is 4. The van der Waals surface area contributed by atoms with Crippen LogP contribution in [0.2, 0.25) is 0 Å². The van der Waals surface area contributed by atoms with Gasteiger partial charge in [-0.3, -0.25) is 4.79 Å². The van der Waals surface area contributed by atoms with E-state index in [1.165, 1.54) is 7.11 Å². The third kappa shape index (κ3) is 5.17. The van der Waals surface area contributed by atoms with E-state index in [1.807, 2.05) is 46.8 Å². The van der Waals surface area contributed by atoms with E-state index in [1.54, 1.807) is 25.3 Å². The summed E-state index contributed by atoms with van der Waals surface area (Å²) in [5.74, 6) is 0.702. The highest BCUT2D eigenvalue weighted by Gasteiger charge is 2.25. The van der Waals surface area contributed by atoms with E-state index < -0.39 is 5.41 Å². The Morgan fingerprint density at radius 2 is 1.52 bits per heavy atom. The maximum absolute atomic E-state index is 13.0. The monoisotopic (exact) mass is 392 g/mol. The molecule has 0 saturated heterocycles. The van der Waals surface area contributed by atoms with Crippen molar-refractivity contribution in [2.75, 3.05) is 14.2 Å². The molecule has 2 rings (SSSR count). The van der Waals surface area contributed by atoms with Gasteiger partial charge in [-0.05, 0) is 37.6 Å². The van der Waals surface area contributed by atoms with Crippen molar-refractivity contribution in [3.05, 3.63) is 64.3 Å². The molecule has 0 unspecified atom stereocenters. The molecule has 1 N–H and O–H groups in total. The lowest BCUT2D eigenvalue weighted by Gasteiger charge is -2.26. The second kappa shape index (κ2) is 8.83. The van der Waals surface area contributed by atoms with Gasteiger partial charge >= 0.3 is 0 Å². The van der Waals surface area contributed by atoms with Crippen molar-refractivity contribution in [3.8, 4) is 17.6 Å². The van der Waals surface area contributed by atoms with Crippen molar-refractivity contribution < 1.29 is 14.3 Å². The fraction of sp³-hybridized carbons (Fsp3) is 0.333. The number of aryl methyl sites for hydroxylation is 2. The van der Waals surface area contributed by atoms with Gasteiger partial charge in [-0.25, -0.2) is 0 Å². The first-order valence-corrected chi connectivity index (χ1v) is 9.37. The summed E-state index contributed by atoms with van der Waals surface area (Å²) in [6.07, 6.45) is 0. The summed E-state index contributed by atoms with van der Waals surface area (Å²) in [6.45, 7) is 9.89. The van der Waals surface area contributed by atoms with Gasteiger partial charge in [0.25, 0.3) is 5.91 Å². The Hall–Kier alpha value is -3.26. The van der Waals surface area contributed by atoms with Crippen LogP contribution in [0, 0.1) is 30.6 Å². The Morgan fingerprint density at radius 1 is 0.931 bits per heavy atom. The minimum Gasteiger partial charge on any atom is -0.493 e. The van der Waals surface area contributed by atoms with Gasteiger partial charge in [-0.2, -0.15) is 5.26 Å². The maximum Gasteiger partial charge on any atom is 0.255 e. The second-order valence-electron chi connectivity index (χ2n) is 8.01. The molecule has 2 aromatic rings. The highest BCUT2D eigenvalue weighted by Crippen LogP contribution is 2.32. The van der Waals surface area contributed by atoms with Crippen LogP contribution in [0.1, 0.15) is 47.8 Å². The zero-order chi connectivity index (χ0) is 21.8. The van der Waals surface area contributed by atoms with Gasteiger partial charge in [0.05, 0.1) is 19.8 Å². The molecule has 0 heterocycles. The standard InChI is InChI=1S/C24H28N2O3/c1-15-10-16(2)12-18(11-15)19(14-25)22(24(3,4)5)26-23(27)17-8-9-20(28-6)21(13-17)29-7/h8-13H,1-7H3,(H,26,27)/b22-19-. The molecule has 0 bridgehead atoms. The predicted octanol–water partition coefficient (Wildman–Crippen LogP) is 5.03. The quantitative estimate of drug-likeness (QED) is 0.724. The molecule has 0 spiro atoms. The van der Waals surface area contributed by atoms with E-state index >= 15 is 0 Å². The van der Waals surface area contributed by atoms with Gasteiger partial charge in [0.1, 0.15) is 6.07 Å². The first-order valence-electron chi connectivity index (χ1n) is 9.37. The normalized spacial score (nSPS) is 11.9. The van der Waals surface area contributed by atoms with E-state index in [2.05, 4.69) is 17.5 Å². The summed E-state index contributed by atoms with van der Waals surface area (Å²) in [4.78, 5) is 13.0. The van der Waals surface area contributed by atoms with Crippen molar-refractivity contribution >= 4 is 11.5 Å². The van der Waals surface area contributed by atoms with Crippen LogP contribution in [-0.4, -0.2) is 20.1 Å². The predicted molar refractivity (Wildman–Crippen MR) is 115 cm³/mol. The van der Waals surface area contributed by atoms with Crippen molar-refractivity contribution in [3.63, 3.8) is 0 Å². The van der Waals surface area contributed by atoms with E-state index in [0.29, 0.717) is 28.3 Å². The van der Waals surface area contributed by atoms with Crippen LogP contribution in [0.3, 0.4) is 0 Å². The Kier molecular flexibility index (Phi) is 6.71. The number of methoxy groups -OCH3 is 2. The molecule has 5 nitrogen and oxygen atoms in total. The summed E-state index contributed by atoms with van der Waals surface area (Å²) in [5, 5.41) is 12.9. The van der Waals surface area contributed by atoms with Crippen molar-refractivity contribution in [1.29, 1.82) is 5.26 Å². The van der Waals surface area contributed by atoms with Crippen LogP contribution in [-0.2, 0) is 0 Å². The van der Waals surface area contributed by atoms with Crippen LogP contribution in [0.15, 0.2) is 42.1 Å². The van der Waals surface area contributed by atoms with Gasteiger partial charge in [0.15, 0.2) is 11.5 Å². The minimum atomic E-state index is -0.449. The smallest absolute Gasteiger partial charge is 0.255 e. The van der Waals surface area contributed by atoms with Crippen LogP contribution in [0.4, 0.5) is 0 Å². The minimum absolute atomic E-state index is 0.312. The van der Waals surface area contributed by atoms with Crippen molar-refractivity contribution in [2.24, 2.45) is 5.41 Å². The number of rotatable bonds is 5. The summed E-state index contributed by atoms with van der Waals surface area (Å²) in [5.41, 5.74) is 3.92. The number of nitrogens with one attached hydrogen (secondary N) is 1. The Labute approximate surface area is 173 Å². The number of amides is 1. The zero-order valence-electron chi connectivity index (χ0n) is 18.1. The highest BCUT2D eigenvalue weighted by molar-refractivity contribution is 5.97. The first-order chi connectivity index (χ1) is 13.6. The number of allylic oxidation sites excluding steroid dienone is 2. The van der Waals surface area contributed by atoms with Gasteiger partial charge in [0.2, 0.25) is 0 Å². The topological polar surface area (TPSA) is 71.3 Å². The lowest BCUT2D eigenvalue weighted by Crippen LogP contribution is -2.31. The zero-order valence-corrected chi connectivity index (χ0v) is 18.1. The molecule has 0 aliphatic rings. The number of nitrogens with zero attached hydrogens (tertiary/aromatic N) is 1. The summed E-state index contributed by atoms with van der Waals surface area (Å²) >= 11 is 0. The molecule has 1 amide bonds. The number of benzene rings is 2. The van der Waals surface area contributed by atoms with Crippen molar-refractivity contribution in [2.45, 2.75) is 34.6 Å². The Balaban J connectivity index is 2.54. The number of carbonyl (C=O) groups excluding carboxylic acids is 1. The van der Waals surface area contributed by atoms with Crippen LogP contribution in [0.25, 0.3) is 5.57 Å². The van der Waals surface area contributed by atoms with Gasteiger partial charge in [-0.1, -0.05) is 50.1 Å². The van der Waals surface area contributed by atoms with Crippen LogP contribution >= 0.6 is 0 Å². The fourth-order valence-electron chi connectivity index (χ4n) is 3.17. The molecule has 0 radical (unpaired) electrons. The third-order valence-corrected chi connectivity index (χ3v) is 4.51. The average molecular weight is 392 g/mol. The molecule has 0 aliphatic heterocycles. The van der Waals surface area contributed by atoms with E-state index in [0.717, 1.165) is 16.7 Å². The Morgan fingerprint density at radius 3 is 2.00 bits per heavy atom. The van der Waals surface area contributed by atoms with Gasteiger partial charge in [0, 0.05) is 16.7 Å². The SMILES string of the molecule is COc1ccc(C(=O)N/C(=C(/C#N)c2cc(C)cc(C)c2)C(C)(C)C)cc1OC. The molecule has 2 aromatic carbocycles. The lowest BCUT2D eigenvalue weighted by molar-refractivity contribution is 0.0957. The summed E-state index contributed by atoms with van der Waals surface area (Å²) < 4.78 is 10.5. The number of carbonyl (C=O) groups is 1. The largest absolute Gasteiger partial charge is 0.493 e. The molecule has 0 saturated carbocycles. The summed E-state index contributed by atoms with van der Waals surface area (Å²) in [7, 11) is 3.06. The molecule has 152 valence electrons. The van der Waals surface area contributed by atoms with Gasteiger partial charge < -0.3 is 14.8 Å². The number of nitriles is 1. The molecule has 0 aromatic heterocycles. The number of ether oxygens (including phenoxy) is 2. The third-order valence-electron chi connectivity index (χ3n) is 4.51. The summed E-state index contributed by atoms with van der Waals surface area (Å²) in [6, 6.07) is 13.2. The number of hydrogen-bond donors (Lipinski definition) is 1. The molecule has 0 fully saturated rings. The molecule has 0 atom stereocenters. The van der Waals surface area contributed by atoms with Crippen molar-refractivity contribution in [1.82, 2.24) is 5.32 Å². The lowest BCUT2D eigenvalue weighted by atomic mass is 9.86. The van der Waals surface area contributed by atoms with E-state index in [9.17, 15) is 10.1 Å². The van der Waals surface area contributed by atoms with Crippen LogP contribution in [0.5, 0.6) is 11.5 Å². The molecular formula is C24H28N2O3. The fourth-order valence-corrected chi connectivity index (χ4v) is 3.17. The maximum atomic E-state index is 13.0. The van der Waals surface area contributed by atoms with Crippen LogP contribution < -0.4 is 14.8 Å². The average Bonchev–Trinajstić information content (AvgIpc) is 2.65. The molecular weight excluding hydrogens is 364 g/mol. The molecule has 0 aliphatic carbocycles. The first kappa shape index (κ1) is 22.0. The van der Waals surface area contributed by atoms with E-state index in [4.69, 9.17) is 9.47 Å².